The van der Waals surface area contributed by atoms with Crippen molar-refractivity contribution < 1.29 is 17.6 Å². The molecular formula is C12H14FN3O3S. The summed E-state index contributed by atoms with van der Waals surface area (Å²) < 4.78 is 37.8. The number of rotatable bonds is 2. The highest BCUT2D eigenvalue weighted by atomic mass is 32.2. The third-order valence-electron chi connectivity index (χ3n) is 3.22. The number of nitrogens with one attached hydrogen (secondary N) is 2. The SMILES string of the molecule is CC1=CC(C)(S(=O)(=O)N2CC=CNC2=O)C=C(F)C1=N. The van der Waals surface area contributed by atoms with Gasteiger partial charge in [0.1, 0.15) is 10.6 Å². The summed E-state index contributed by atoms with van der Waals surface area (Å²) in [6, 6.07) is -0.783. The van der Waals surface area contributed by atoms with E-state index in [0.717, 1.165) is 6.08 Å². The summed E-state index contributed by atoms with van der Waals surface area (Å²) in [5, 5.41) is 9.73. The van der Waals surface area contributed by atoms with Crippen LogP contribution in [0, 0.1) is 5.41 Å². The lowest BCUT2D eigenvalue weighted by atomic mass is 9.96. The van der Waals surface area contributed by atoms with Crippen LogP contribution in [-0.2, 0) is 10.0 Å². The number of halogens is 1. The predicted octanol–water partition coefficient (Wildman–Crippen LogP) is 1.45. The lowest BCUT2D eigenvalue weighted by Crippen LogP contribution is -2.52. The number of allylic oxidation sites excluding steroid dienone is 2. The van der Waals surface area contributed by atoms with Gasteiger partial charge in [-0.05, 0) is 31.6 Å². The third-order valence-corrected chi connectivity index (χ3v) is 5.46. The number of amides is 2. The van der Waals surface area contributed by atoms with Gasteiger partial charge in [-0.1, -0.05) is 6.08 Å². The number of sulfonamides is 1. The van der Waals surface area contributed by atoms with Crippen molar-refractivity contribution >= 4 is 21.8 Å². The minimum atomic E-state index is -4.14. The van der Waals surface area contributed by atoms with Crippen molar-refractivity contribution in [3.05, 3.63) is 35.8 Å². The van der Waals surface area contributed by atoms with Crippen LogP contribution in [0.2, 0.25) is 0 Å². The zero-order valence-electron chi connectivity index (χ0n) is 11.0. The molecule has 20 heavy (non-hydrogen) atoms. The molecule has 1 unspecified atom stereocenters. The molecule has 0 saturated heterocycles. The Morgan fingerprint density at radius 3 is 2.65 bits per heavy atom. The van der Waals surface area contributed by atoms with Gasteiger partial charge < -0.3 is 5.32 Å². The van der Waals surface area contributed by atoms with Crippen LogP contribution in [0.4, 0.5) is 9.18 Å². The minimum Gasteiger partial charge on any atom is -0.314 e. The minimum absolute atomic E-state index is 0.108. The molecule has 6 nitrogen and oxygen atoms in total. The molecule has 108 valence electrons. The van der Waals surface area contributed by atoms with Crippen molar-refractivity contribution in [1.29, 1.82) is 5.41 Å². The van der Waals surface area contributed by atoms with Gasteiger partial charge in [-0.2, -0.15) is 0 Å². The molecule has 2 rings (SSSR count). The summed E-state index contributed by atoms with van der Waals surface area (Å²) in [5.41, 5.74) is -0.135. The van der Waals surface area contributed by atoms with E-state index < -0.39 is 26.6 Å². The highest BCUT2D eigenvalue weighted by Crippen LogP contribution is 2.33. The first-order chi connectivity index (χ1) is 9.19. The summed E-state index contributed by atoms with van der Waals surface area (Å²) >= 11 is 0. The Balaban J connectivity index is 2.51. The number of urea groups is 1. The summed E-state index contributed by atoms with van der Waals surface area (Å²) in [6.07, 6.45) is 4.96. The van der Waals surface area contributed by atoms with Crippen LogP contribution in [0.5, 0.6) is 0 Å². The van der Waals surface area contributed by atoms with Crippen LogP contribution in [0.15, 0.2) is 35.8 Å². The molecule has 0 bridgehead atoms. The molecule has 0 aromatic carbocycles. The Hall–Kier alpha value is -1.96. The second-order valence-electron chi connectivity index (χ2n) is 4.77. The van der Waals surface area contributed by atoms with Gasteiger partial charge in [0, 0.05) is 6.20 Å². The Labute approximate surface area is 116 Å². The quantitative estimate of drug-likeness (QED) is 0.808. The zero-order valence-corrected chi connectivity index (χ0v) is 11.8. The van der Waals surface area contributed by atoms with E-state index in [1.165, 1.54) is 32.2 Å². The number of carbonyl (C=O) groups excluding carboxylic acids is 1. The van der Waals surface area contributed by atoms with E-state index in [2.05, 4.69) is 5.32 Å². The van der Waals surface area contributed by atoms with Gasteiger partial charge in [-0.15, -0.1) is 0 Å². The largest absolute Gasteiger partial charge is 0.335 e. The van der Waals surface area contributed by atoms with Crippen molar-refractivity contribution in [1.82, 2.24) is 9.62 Å². The van der Waals surface area contributed by atoms with Crippen LogP contribution < -0.4 is 5.32 Å². The molecule has 0 aromatic heterocycles. The number of hydrogen-bond donors (Lipinski definition) is 2. The van der Waals surface area contributed by atoms with E-state index in [4.69, 9.17) is 5.41 Å². The standard InChI is InChI=1S/C12H14FN3O3S/c1-8-6-12(2,7-9(13)10(8)14)20(18,19)16-5-3-4-15-11(16)17/h3-4,6-7,14H,5H2,1-2H3,(H,15,17). The predicted molar refractivity (Wildman–Crippen MR) is 72.4 cm³/mol. The maximum absolute atomic E-state index is 13.7. The first-order valence-electron chi connectivity index (χ1n) is 5.84. The first-order valence-corrected chi connectivity index (χ1v) is 7.28. The molecule has 1 aliphatic heterocycles. The highest BCUT2D eigenvalue weighted by molar-refractivity contribution is 7.91. The van der Waals surface area contributed by atoms with Gasteiger partial charge in [0.25, 0.3) is 10.0 Å². The van der Waals surface area contributed by atoms with Crippen molar-refractivity contribution in [3.8, 4) is 0 Å². The van der Waals surface area contributed by atoms with Crippen LogP contribution in [-0.4, -0.2) is 35.8 Å². The van der Waals surface area contributed by atoms with Gasteiger partial charge in [-0.3, -0.25) is 5.41 Å². The summed E-state index contributed by atoms with van der Waals surface area (Å²) in [5.74, 6) is -0.913. The third kappa shape index (κ3) is 2.05. The molecule has 0 fully saturated rings. The lowest BCUT2D eigenvalue weighted by molar-refractivity contribution is 0.227. The van der Waals surface area contributed by atoms with Gasteiger partial charge in [0.05, 0.1) is 12.3 Å². The van der Waals surface area contributed by atoms with Crippen molar-refractivity contribution in [2.45, 2.75) is 18.6 Å². The molecule has 0 radical (unpaired) electrons. The Morgan fingerprint density at radius 1 is 1.45 bits per heavy atom. The molecule has 2 N–H and O–H groups in total. The summed E-state index contributed by atoms with van der Waals surface area (Å²) in [4.78, 5) is 11.7. The Kier molecular flexibility index (Phi) is 3.29. The smallest absolute Gasteiger partial charge is 0.314 e. The maximum Gasteiger partial charge on any atom is 0.335 e. The normalized spacial score (nSPS) is 27.1. The average Bonchev–Trinajstić information content (AvgIpc) is 2.36. The van der Waals surface area contributed by atoms with E-state index in [1.807, 2.05) is 0 Å². The molecule has 0 aromatic rings. The van der Waals surface area contributed by atoms with E-state index in [1.54, 1.807) is 0 Å². The molecule has 1 heterocycles. The van der Waals surface area contributed by atoms with Crippen LogP contribution in [0.25, 0.3) is 0 Å². The Bertz CT molecular complexity index is 654. The lowest BCUT2D eigenvalue weighted by Gasteiger charge is -2.33. The molecule has 1 aliphatic carbocycles. The van der Waals surface area contributed by atoms with Crippen LogP contribution >= 0.6 is 0 Å². The van der Waals surface area contributed by atoms with E-state index in [9.17, 15) is 17.6 Å². The van der Waals surface area contributed by atoms with Gasteiger partial charge in [0.15, 0.2) is 0 Å². The highest BCUT2D eigenvalue weighted by Gasteiger charge is 2.45. The summed E-state index contributed by atoms with van der Waals surface area (Å²) in [7, 11) is -4.14. The number of nitrogens with zero attached hydrogens (tertiary/aromatic N) is 1. The van der Waals surface area contributed by atoms with Crippen molar-refractivity contribution in [3.63, 3.8) is 0 Å². The van der Waals surface area contributed by atoms with E-state index in [0.29, 0.717) is 4.31 Å². The monoisotopic (exact) mass is 299 g/mol. The maximum atomic E-state index is 13.7. The molecular weight excluding hydrogens is 285 g/mol. The second-order valence-corrected chi connectivity index (χ2v) is 7.04. The van der Waals surface area contributed by atoms with Crippen LogP contribution in [0.1, 0.15) is 13.8 Å². The molecule has 2 amide bonds. The fourth-order valence-electron chi connectivity index (χ4n) is 2.08. The number of hydrogen-bond acceptors (Lipinski definition) is 4. The fraction of sp³-hybridized carbons (Fsp3) is 0.333. The zero-order chi connectivity index (χ0) is 15.1. The second kappa shape index (κ2) is 4.55. The first kappa shape index (κ1) is 14.4. The van der Waals surface area contributed by atoms with E-state index in [-0.39, 0.29) is 17.8 Å². The van der Waals surface area contributed by atoms with Crippen molar-refractivity contribution in [2.75, 3.05) is 6.54 Å². The van der Waals surface area contributed by atoms with Gasteiger partial charge >= 0.3 is 6.03 Å². The van der Waals surface area contributed by atoms with Gasteiger partial charge in [-0.25, -0.2) is 21.9 Å². The van der Waals surface area contributed by atoms with Crippen LogP contribution in [0.3, 0.4) is 0 Å². The molecule has 1 atom stereocenters. The number of carbonyl (C=O) groups is 1. The van der Waals surface area contributed by atoms with Gasteiger partial charge in [0.2, 0.25) is 0 Å². The Morgan fingerprint density at radius 2 is 2.10 bits per heavy atom. The molecule has 0 saturated carbocycles. The fourth-order valence-corrected chi connectivity index (χ4v) is 3.69. The average molecular weight is 299 g/mol. The molecule has 8 heteroatoms. The van der Waals surface area contributed by atoms with Crippen molar-refractivity contribution in [2.24, 2.45) is 0 Å². The molecule has 0 spiro atoms. The molecule has 2 aliphatic rings. The topological polar surface area (TPSA) is 90.3 Å². The summed E-state index contributed by atoms with van der Waals surface area (Å²) in [6.45, 7) is 2.64. The van der Waals surface area contributed by atoms with E-state index >= 15 is 0 Å².